The Morgan fingerprint density at radius 3 is 2.85 bits per heavy atom. The molecule has 1 aliphatic rings. The molecule has 0 bridgehead atoms. The number of aromatic amines is 1. The number of nitrogens with one attached hydrogen (secondary N) is 2. The Balaban J connectivity index is 1.62. The summed E-state index contributed by atoms with van der Waals surface area (Å²) in [7, 11) is 0. The van der Waals surface area contributed by atoms with Crippen LogP contribution in [0.4, 0.5) is 5.69 Å². The SMILES string of the molecule is Cc1ccc(-c2ccc(=O)[nH]n2)cc1NC(=O)c1scc2c1CCCC2. The highest BCUT2D eigenvalue weighted by atomic mass is 32.1. The molecular weight excluding hydrogens is 346 g/mol. The monoisotopic (exact) mass is 365 g/mol. The molecule has 3 aromatic rings. The van der Waals surface area contributed by atoms with Crippen LogP contribution < -0.4 is 10.9 Å². The maximum atomic E-state index is 12.8. The van der Waals surface area contributed by atoms with Gasteiger partial charge in [0.2, 0.25) is 0 Å². The largest absolute Gasteiger partial charge is 0.321 e. The summed E-state index contributed by atoms with van der Waals surface area (Å²) in [5, 5.41) is 11.7. The fourth-order valence-corrected chi connectivity index (χ4v) is 4.36. The van der Waals surface area contributed by atoms with Crippen LogP contribution in [-0.2, 0) is 12.8 Å². The highest BCUT2D eigenvalue weighted by molar-refractivity contribution is 7.12. The summed E-state index contributed by atoms with van der Waals surface area (Å²) in [6.07, 6.45) is 4.42. The number of rotatable bonds is 3. The minimum Gasteiger partial charge on any atom is -0.321 e. The van der Waals surface area contributed by atoms with E-state index in [9.17, 15) is 9.59 Å². The molecule has 0 spiro atoms. The predicted octanol–water partition coefficient (Wildman–Crippen LogP) is 3.94. The first-order valence-electron chi connectivity index (χ1n) is 8.69. The second-order valence-corrected chi connectivity index (χ2v) is 7.45. The van der Waals surface area contributed by atoms with E-state index in [1.165, 1.54) is 35.0 Å². The van der Waals surface area contributed by atoms with Gasteiger partial charge in [0, 0.05) is 17.3 Å². The lowest BCUT2D eigenvalue weighted by Crippen LogP contribution is -2.14. The van der Waals surface area contributed by atoms with Crippen LogP contribution in [0, 0.1) is 6.92 Å². The van der Waals surface area contributed by atoms with Crippen LogP contribution in [-0.4, -0.2) is 16.1 Å². The van der Waals surface area contributed by atoms with E-state index >= 15 is 0 Å². The lowest BCUT2D eigenvalue weighted by Gasteiger charge is -2.14. The van der Waals surface area contributed by atoms with Crippen molar-refractivity contribution in [2.24, 2.45) is 0 Å². The van der Waals surface area contributed by atoms with Gasteiger partial charge >= 0.3 is 0 Å². The van der Waals surface area contributed by atoms with Crippen molar-refractivity contribution in [2.45, 2.75) is 32.6 Å². The maximum Gasteiger partial charge on any atom is 0.266 e. The average molecular weight is 365 g/mol. The first-order chi connectivity index (χ1) is 12.6. The van der Waals surface area contributed by atoms with Crippen LogP contribution in [0.15, 0.2) is 40.5 Å². The number of nitrogens with zero attached hydrogens (tertiary/aromatic N) is 1. The van der Waals surface area contributed by atoms with Gasteiger partial charge in [0.05, 0.1) is 10.6 Å². The molecule has 1 aromatic carbocycles. The number of thiophene rings is 1. The number of H-pyrrole nitrogens is 1. The number of hydrogen-bond donors (Lipinski definition) is 2. The van der Waals surface area contributed by atoms with Crippen molar-refractivity contribution in [1.82, 2.24) is 10.2 Å². The van der Waals surface area contributed by atoms with Crippen molar-refractivity contribution < 1.29 is 4.79 Å². The van der Waals surface area contributed by atoms with E-state index in [4.69, 9.17) is 0 Å². The van der Waals surface area contributed by atoms with E-state index in [-0.39, 0.29) is 11.5 Å². The van der Waals surface area contributed by atoms with E-state index in [1.54, 1.807) is 6.07 Å². The molecule has 0 fully saturated rings. The molecule has 1 amide bonds. The van der Waals surface area contributed by atoms with Crippen LogP contribution in [0.2, 0.25) is 0 Å². The predicted molar refractivity (Wildman–Crippen MR) is 104 cm³/mol. The molecule has 2 aromatic heterocycles. The number of carbonyl (C=O) groups is 1. The third-order valence-corrected chi connectivity index (χ3v) is 5.84. The fourth-order valence-electron chi connectivity index (χ4n) is 3.31. The van der Waals surface area contributed by atoms with Crippen molar-refractivity contribution in [3.05, 3.63) is 67.6 Å². The number of anilines is 1. The fraction of sp³-hybridized carbons (Fsp3) is 0.250. The van der Waals surface area contributed by atoms with Gasteiger partial charge in [0.25, 0.3) is 11.5 Å². The normalized spacial score (nSPS) is 13.3. The summed E-state index contributed by atoms with van der Waals surface area (Å²) in [5.74, 6) is -0.0483. The van der Waals surface area contributed by atoms with Gasteiger partial charge in [-0.3, -0.25) is 9.59 Å². The molecule has 0 unspecified atom stereocenters. The van der Waals surface area contributed by atoms with Gasteiger partial charge in [0.1, 0.15) is 0 Å². The zero-order chi connectivity index (χ0) is 18.1. The molecule has 2 N–H and O–H groups in total. The smallest absolute Gasteiger partial charge is 0.266 e. The van der Waals surface area contributed by atoms with Crippen molar-refractivity contribution in [3.8, 4) is 11.3 Å². The van der Waals surface area contributed by atoms with Crippen LogP contribution in [0.3, 0.4) is 0 Å². The Hall–Kier alpha value is -2.73. The van der Waals surface area contributed by atoms with Crippen LogP contribution in [0.25, 0.3) is 11.3 Å². The summed E-state index contributed by atoms with van der Waals surface area (Å²) in [5.41, 5.74) is 5.56. The molecule has 26 heavy (non-hydrogen) atoms. The Morgan fingerprint density at radius 2 is 2.04 bits per heavy atom. The van der Waals surface area contributed by atoms with Gasteiger partial charge in [-0.2, -0.15) is 5.10 Å². The minimum atomic E-state index is -0.239. The molecular formula is C20H19N3O2S. The molecule has 1 aliphatic carbocycles. The van der Waals surface area contributed by atoms with Crippen molar-refractivity contribution in [1.29, 1.82) is 0 Å². The third kappa shape index (κ3) is 3.20. The lowest BCUT2D eigenvalue weighted by molar-refractivity contribution is 0.102. The maximum absolute atomic E-state index is 12.8. The summed E-state index contributed by atoms with van der Waals surface area (Å²) < 4.78 is 0. The van der Waals surface area contributed by atoms with Crippen molar-refractivity contribution in [2.75, 3.05) is 5.32 Å². The zero-order valence-electron chi connectivity index (χ0n) is 14.5. The molecule has 6 heteroatoms. The number of benzene rings is 1. The molecule has 0 atom stereocenters. The van der Waals surface area contributed by atoms with Gasteiger partial charge in [-0.05, 0) is 66.8 Å². The summed E-state index contributed by atoms with van der Waals surface area (Å²) in [4.78, 5) is 24.8. The third-order valence-electron chi connectivity index (χ3n) is 4.77. The van der Waals surface area contributed by atoms with E-state index in [0.29, 0.717) is 5.69 Å². The highest BCUT2D eigenvalue weighted by Crippen LogP contribution is 2.31. The molecule has 132 valence electrons. The summed E-state index contributed by atoms with van der Waals surface area (Å²) in [6.45, 7) is 1.96. The molecule has 0 saturated heterocycles. The van der Waals surface area contributed by atoms with Crippen LogP contribution in [0.5, 0.6) is 0 Å². The molecule has 4 rings (SSSR count). The number of amides is 1. The Bertz CT molecular complexity index is 1020. The zero-order valence-corrected chi connectivity index (χ0v) is 15.3. The van der Waals surface area contributed by atoms with Gasteiger partial charge in [0.15, 0.2) is 0 Å². The number of carbonyl (C=O) groups excluding carboxylic acids is 1. The first kappa shape index (κ1) is 16.7. The first-order valence-corrected chi connectivity index (χ1v) is 9.57. The van der Waals surface area contributed by atoms with E-state index in [0.717, 1.165) is 41.0 Å². The van der Waals surface area contributed by atoms with Gasteiger partial charge < -0.3 is 5.32 Å². The molecule has 2 heterocycles. The lowest BCUT2D eigenvalue weighted by atomic mass is 9.94. The van der Waals surface area contributed by atoms with Gasteiger partial charge in [-0.1, -0.05) is 12.1 Å². The Morgan fingerprint density at radius 1 is 1.19 bits per heavy atom. The molecule has 0 radical (unpaired) electrons. The molecule has 5 nitrogen and oxygen atoms in total. The number of hydrogen-bond acceptors (Lipinski definition) is 4. The highest BCUT2D eigenvalue weighted by Gasteiger charge is 2.20. The topological polar surface area (TPSA) is 74.8 Å². The second-order valence-electron chi connectivity index (χ2n) is 6.57. The van der Waals surface area contributed by atoms with Crippen molar-refractivity contribution in [3.63, 3.8) is 0 Å². The summed E-state index contributed by atoms with van der Waals surface area (Å²) >= 11 is 1.54. The molecule has 0 aliphatic heterocycles. The summed E-state index contributed by atoms with van der Waals surface area (Å²) in [6, 6.07) is 8.89. The van der Waals surface area contributed by atoms with E-state index < -0.39 is 0 Å². The van der Waals surface area contributed by atoms with E-state index in [1.807, 2.05) is 25.1 Å². The molecule has 0 saturated carbocycles. The number of fused-ring (bicyclic) bond motifs is 1. The second kappa shape index (κ2) is 6.88. The quantitative estimate of drug-likeness (QED) is 0.738. The Kier molecular flexibility index (Phi) is 4.42. The number of aryl methyl sites for hydroxylation is 2. The van der Waals surface area contributed by atoms with Crippen molar-refractivity contribution >= 4 is 22.9 Å². The number of aromatic nitrogens is 2. The minimum absolute atomic E-state index is 0.0483. The van der Waals surface area contributed by atoms with E-state index in [2.05, 4.69) is 20.9 Å². The van der Waals surface area contributed by atoms with Gasteiger partial charge in [-0.25, -0.2) is 5.10 Å². The Labute approximate surface area is 155 Å². The van der Waals surface area contributed by atoms with Crippen LogP contribution in [0.1, 0.15) is 39.2 Å². The standard InChI is InChI=1S/C20H19N3O2S/c1-12-6-7-13(16-8-9-18(24)23-22-16)10-17(12)21-20(25)19-15-5-3-2-4-14(15)11-26-19/h6-11H,2-5H2,1H3,(H,21,25)(H,23,24). The van der Waals surface area contributed by atoms with Crippen LogP contribution >= 0.6 is 11.3 Å². The average Bonchev–Trinajstić information content (AvgIpc) is 3.08. The van der Waals surface area contributed by atoms with Gasteiger partial charge in [-0.15, -0.1) is 11.3 Å².